The van der Waals surface area contributed by atoms with E-state index in [0.717, 1.165) is 36.5 Å². The van der Waals surface area contributed by atoms with Crippen LogP contribution < -0.4 is 15.4 Å². The maximum absolute atomic E-state index is 12.5. The highest BCUT2D eigenvalue weighted by molar-refractivity contribution is 5.94. The summed E-state index contributed by atoms with van der Waals surface area (Å²) in [6.45, 7) is 3.58. The van der Waals surface area contributed by atoms with E-state index >= 15 is 0 Å². The van der Waals surface area contributed by atoms with Crippen molar-refractivity contribution in [3.05, 3.63) is 47.3 Å². The zero-order valence-corrected chi connectivity index (χ0v) is 14.3. The van der Waals surface area contributed by atoms with Crippen molar-refractivity contribution in [2.45, 2.75) is 32.4 Å². The van der Waals surface area contributed by atoms with E-state index in [1.165, 1.54) is 12.8 Å². The summed E-state index contributed by atoms with van der Waals surface area (Å²) in [6, 6.07) is 9.77. The van der Waals surface area contributed by atoms with Gasteiger partial charge in [0.25, 0.3) is 5.91 Å². The Kier molecular flexibility index (Phi) is 4.70. The van der Waals surface area contributed by atoms with Crippen LogP contribution >= 0.6 is 0 Å². The maximum atomic E-state index is 12.5. The number of nitrogens with one attached hydrogen (secondary N) is 2. The van der Waals surface area contributed by atoms with Crippen LogP contribution in [0.1, 0.15) is 34.6 Å². The van der Waals surface area contributed by atoms with E-state index in [4.69, 9.17) is 4.74 Å². The lowest BCUT2D eigenvalue weighted by molar-refractivity contribution is 0.0944. The minimum atomic E-state index is -0.0467. The third-order valence-corrected chi connectivity index (χ3v) is 4.79. The zero-order valence-electron chi connectivity index (χ0n) is 14.3. The summed E-state index contributed by atoms with van der Waals surface area (Å²) in [7, 11) is 0. The first-order valence-corrected chi connectivity index (χ1v) is 9.06. The molecule has 2 aromatic rings. The Hall–Kier alpha value is -2.34. The van der Waals surface area contributed by atoms with Gasteiger partial charge in [0.2, 0.25) is 0 Å². The number of fused-ring (bicyclic) bond motifs is 1. The van der Waals surface area contributed by atoms with Gasteiger partial charge >= 0.3 is 0 Å². The van der Waals surface area contributed by atoms with Crippen molar-refractivity contribution in [1.29, 1.82) is 0 Å². The number of nitrogens with zero attached hydrogens (tertiary/aromatic N) is 2. The lowest BCUT2D eigenvalue weighted by Gasteiger charge is -2.15. The Morgan fingerprint density at radius 1 is 1.32 bits per heavy atom. The molecule has 0 unspecified atom stereocenters. The van der Waals surface area contributed by atoms with E-state index in [9.17, 15) is 4.79 Å². The fourth-order valence-electron chi connectivity index (χ4n) is 3.20. The topological polar surface area (TPSA) is 68.2 Å². The number of carbonyl (C=O) groups excluding carboxylic acids is 1. The third kappa shape index (κ3) is 3.85. The lowest BCUT2D eigenvalue weighted by Crippen LogP contribution is -2.29. The fourth-order valence-corrected chi connectivity index (χ4v) is 3.20. The van der Waals surface area contributed by atoms with E-state index in [2.05, 4.69) is 15.7 Å². The lowest BCUT2D eigenvalue weighted by atomic mass is 10.1. The van der Waals surface area contributed by atoms with Gasteiger partial charge in [-0.15, -0.1) is 0 Å². The highest BCUT2D eigenvalue weighted by Crippen LogP contribution is 2.28. The van der Waals surface area contributed by atoms with Crippen LogP contribution in [0.4, 0.5) is 0 Å². The number of aromatic nitrogens is 2. The van der Waals surface area contributed by atoms with Crippen LogP contribution in [0.5, 0.6) is 5.75 Å². The second-order valence-electron chi connectivity index (χ2n) is 6.74. The van der Waals surface area contributed by atoms with Crippen molar-refractivity contribution in [3.63, 3.8) is 0 Å². The predicted octanol–water partition coefficient (Wildman–Crippen LogP) is 1.75. The van der Waals surface area contributed by atoms with Crippen molar-refractivity contribution in [3.8, 4) is 5.75 Å². The van der Waals surface area contributed by atoms with Gasteiger partial charge in [0.05, 0.1) is 6.54 Å². The van der Waals surface area contributed by atoms with Gasteiger partial charge < -0.3 is 15.4 Å². The SMILES string of the molecule is O=C(NCC1CC1)c1nn(CCOc2ccccc2)c2c1CNCC2. The highest BCUT2D eigenvalue weighted by atomic mass is 16.5. The molecule has 1 amide bonds. The Morgan fingerprint density at radius 2 is 2.16 bits per heavy atom. The largest absolute Gasteiger partial charge is 0.492 e. The molecule has 0 spiro atoms. The average Bonchev–Trinajstić information content (AvgIpc) is 3.41. The van der Waals surface area contributed by atoms with Crippen molar-refractivity contribution in [1.82, 2.24) is 20.4 Å². The van der Waals surface area contributed by atoms with Gasteiger partial charge in [-0.2, -0.15) is 5.10 Å². The molecule has 2 N–H and O–H groups in total. The van der Waals surface area contributed by atoms with Gasteiger partial charge in [-0.25, -0.2) is 0 Å². The van der Waals surface area contributed by atoms with E-state index in [1.807, 2.05) is 35.0 Å². The monoisotopic (exact) mass is 340 g/mol. The predicted molar refractivity (Wildman–Crippen MR) is 94.6 cm³/mol. The van der Waals surface area contributed by atoms with E-state index in [1.54, 1.807) is 0 Å². The van der Waals surface area contributed by atoms with Crippen molar-refractivity contribution in [2.75, 3.05) is 19.7 Å². The molecule has 0 saturated heterocycles. The minimum absolute atomic E-state index is 0.0467. The van der Waals surface area contributed by atoms with Crippen LogP contribution in [0.3, 0.4) is 0 Å². The number of carbonyl (C=O) groups is 1. The van der Waals surface area contributed by atoms with Gasteiger partial charge in [0, 0.05) is 37.3 Å². The number of para-hydroxylation sites is 1. The number of ether oxygens (including phenoxy) is 1. The highest BCUT2D eigenvalue weighted by Gasteiger charge is 2.27. The van der Waals surface area contributed by atoms with Crippen molar-refractivity contribution in [2.24, 2.45) is 5.92 Å². The molecular weight excluding hydrogens is 316 g/mol. The van der Waals surface area contributed by atoms with Gasteiger partial charge in [0.1, 0.15) is 12.4 Å². The van der Waals surface area contributed by atoms with Crippen LogP contribution in [-0.4, -0.2) is 35.4 Å². The summed E-state index contributed by atoms with van der Waals surface area (Å²) in [5.74, 6) is 1.47. The summed E-state index contributed by atoms with van der Waals surface area (Å²) in [5, 5.41) is 11.0. The van der Waals surface area contributed by atoms with Gasteiger partial charge in [-0.1, -0.05) is 18.2 Å². The molecule has 0 radical (unpaired) electrons. The summed E-state index contributed by atoms with van der Waals surface area (Å²) in [6.07, 6.45) is 3.35. The van der Waals surface area contributed by atoms with Crippen LogP contribution in [0.25, 0.3) is 0 Å². The number of rotatable bonds is 7. The third-order valence-electron chi connectivity index (χ3n) is 4.79. The fraction of sp³-hybridized carbons (Fsp3) is 0.474. The molecule has 0 atom stereocenters. The van der Waals surface area contributed by atoms with E-state index in [0.29, 0.717) is 31.3 Å². The Morgan fingerprint density at radius 3 is 2.96 bits per heavy atom. The van der Waals surface area contributed by atoms with Crippen LogP contribution in [0.15, 0.2) is 30.3 Å². The minimum Gasteiger partial charge on any atom is -0.492 e. The Balaban J connectivity index is 1.44. The summed E-state index contributed by atoms with van der Waals surface area (Å²) >= 11 is 0. The molecule has 2 heterocycles. The smallest absolute Gasteiger partial charge is 0.272 e. The van der Waals surface area contributed by atoms with Crippen LogP contribution in [-0.2, 0) is 19.5 Å². The van der Waals surface area contributed by atoms with Crippen LogP contribution in [0.2, 0.25) is 0 Å². The quantitative estimate of drug-likeness (QED) is 0.806. The molecule has 4 rings (SSSR count). The summed E-state index contributed by atoms with van der Waals surface area (Å²) in [5.41, 5.74) is 2.77. The van der Waals surface area contributed by atoms with Gasteiger partial charge in [-0.05, 0) is 30.9 Å². The first-order valence-electron chi connectivity index (χ1n) is 9.06. The Bertz CT molecular complexity index is 737. The molecule has 1 aliphatic heterocycles. The molecule has 2 aliphatic rings. The number of benzene rings is 1. The molecule has 1 saturated carbocycles. The molecule has 1 aromatic carbocycles. The molecule has 6 nitrogen and oxygen atoms in total. The molecule has 0 bridgehead atoms. The maximum Gasteiger partial charge on any atom is 0.272 e. The normalized spacial score (nSPS) is 16.3. The Labute approximate surface area is 147 Å². The molecule has 25 heavy (non-hydrogen) atoms. The van der Waals surface area contributed by atoms with Gasteiger partial charge in [0.15, 0.2) is 5.69 Å². The number of hydrogen-bond donors (Lipinski definition) is 2. The van der Waals surface area contributed by atoms with E-state index < -0.39 is 0 Å². The standard InChI is InChI=1S/C19H24N4O2/c24-19(21-12-14-6-7-14)18-16-13-20-9-8-17(16)23(22-18)10-11-25-15-4-2-1-3-5-15/h1-5,14,20H,6-13H2,(H,21,24). The second kappa shape index (κ2) is 7.27. The molecule has 1 aromatic heterocycles. The van der Waals surface area contributed by atoms with Gasteiger partial charge in [-0.3, -0.25) is 9.48 Å². The van der Waals surface area contributed by atoms with E-state index in [-0.39, 0.29) is 5.91 Å². The van der Waals surface area contributed by atoms with Crippen LogP contribution in [0, 0.1) is 5.92 Å². The zero-order chi connectivity index (χ0) is 17.1. The molecule has 132 valence electrons. The number of amides is 1. The van der Waals surface area contributed by atoms with Crippen molar-refractivity contribution < 1.29 is 9.53 Å². The molecule has 1 aliphatic carbocycles. The molecule has 6 heteroatoms. The van der Waals surface area contributed by atoms with Crippen molar-refractivity contribution >= 4 is 5.91 Å². The first kappa shape index (κ1) is 16.1. The average molecular weight is 340 g/mol. The molecular formula is C19H24N4O2. The summed E-state index contributed by atoms with van der Waals surface area (Å²) < 4.78 is 7.73. The summed E-state index contributed by atoms with van der Waals surface area (Å²) in [4.78, 5) is 12.5. The first-order chi connectivity index (χ1) is 12.3. The number of hydrogen-bond acceptors (Lipinski definition) is 4. The molecule has 1 fully saturated rings. The second-order valence-corrected chi connectivity index (χ2v) is 6.74.